The predicted octanol–water partition coefficient (Wildman–Crippen LogP) is 1.67. The average Bonchev–Trinajstić information content (AvgIpc) is 2.99. The molecule has 2 aromatic carbocycles. The van der Waals surface area contributed by atoms with E-state index in [4.69, 9.17) is 0 Å². The molecule has 0 saturated carbocycles. The largest absolute Gasteiger partial charge is 1.00 e. The molecular formula is C26H24BrNO2. The third-order valence-corrected chi connectivity index (χ3v) is 5.61. The van der Waals surface area contributed by atoms with Crippen molar-refractivity contribution in [1.29, 1.82) is 0 Å². The highest BCUT2D eigenvalue weighted by Gasteiger charge is 2.26. The molecule has 0 amide bonds. The molecule has 0 saturated heterocycles. The van der Waals surface area contributed by atoms with Gasteiger partial charge >= 0.3 is 0 Å². The van der Waals surface area contributed by atoms with E-state index in [1.54, 1.807) is 6.92 Å². The third kappa shape index (κ3) is 4.34. The molecule has 3 nitrogen and oxygen atoms in total. The van der Waals surface area contributed by atoms with E-state index in [-0.39, 0.29) is 28.5 Å². The van der Waals surface area contributed by atoms with Crippen molar-refractivity contribution in [3.63, 3.8) is 0 Å². The Bertz CT molecular complexity index is 1160. The van der Waals surface area contributed by atoms with Gasteiger partial charge in [-0.15, -0.1) is 0 Å². The molecule has 0 aliphatic heterocycles. The number of Topliss-reactive ketones (excluding diaryl/α,β-unsaturated/α-hetero) is 2. The number of nitrogens with zero attached hydrogens (tertiary/aromatic N) is 1. The summed E-state index contributed by atoms with van der Waals surface area (Å²) in [4.78, 5) is 25.2. The number of halogens is 1. The number of hydrogen-bond donors (Lipinski definition) is 0. The fourth-order valence-corrected chi connectivity index (χ4v) is 3.86. The van der Waals surface area contributed by atoms with Gasteiger partial charge in [0.05, 0.1) is 5.56 Å². The summed E-state index contributed by atoms with van der Waals surface area (Å²) in [5.41, 5.74) is 7.54. The Morgan fingerprint density at radius 2 is 1.77 bits per heavy atom. The maximum Gasteiger partial charge on any atom is 0.189 e. The van der Waals surface area contributed by atoms with Gasteiger partial charge < -0.3 is 17.0 Å². The van der Waals surface area contributed by atoms with Gasteiger partial charge in [-0.2, -0.15) is 0 Å². The Morgan fingerprint density at radius 1 is 1.07 bits per heavy atom. The minimum absolute atomic E-state index is 0. The maximum absolute atomic E-state index is 12.9. The Labute approximate surface area is 187 Å². The van der Waals surface area contributed by atoms with E-state index in [2.05, 4.69) is 25.1 Å². The number of allylic oxidation sites excluding steroid dienone is 1. The second-order valence-electron chi connectivity index (χ2n) is 7.80. The van der Waals surface area contributed by atoms with Crippen LogP contribution in [0.2, 0.25) is 0 Å². The first-order valence-electron chi connectivity index (χ1n) is 9.85. The summed E-state index contributed by atoms with van der Waals surface area (Å²) in [6.45, 7) is 6.36. The molecule has 4 heteroatoms. The van der Waals surface area contributed by atoms with Crippen LogP contribution in [0.1, 0.15) is 55.5 Å². The van der Waals surface area contributed by atoms with Gasteiger partial charge in [-0.25, -0.2) is 4.57 Å². The Balaban J connectivity index is 0.00000256. The standard InChI is InChI=1S/C26H24NO2.BrH/c1-17-11-22-14-23(26(29)24(22)12-18(17)2)13-21-9-10-27(16-25(21)19(3)28)15-20-7-5-4-6-8-20;/h4-13,16H,14-15H2,1-3H3;1H/q+1;/p-1/b23-13+;. The Hall–Kier alpha value is -2.85. The van der Waals surface area contributed by atoms with Gasteiger partial charge in [0, 0.05) is 29.2 Å². The molecule has 0 unspecified atom stereocenters. The fourth-order valence-electron chi connectivity index (χ4n) is 3.86. The molecule has 3 aromatic rings. The van der Waals surface area contributed by atoms with Crippen LogP contribution in [0.25, 0.3) is 6.08 Å². The molecular weight excluding hydrogens is 438 g/mol. The number of rotatable bonds is 4. The van der Waals surface area contributed by atoms with Gasteiger partial charge in [0.2, 0.25) is 0 Å². The number of aromatic nitrogens is 1. The number of ketones is 2. The number of carbonyl (C=O) groups excluding carboxylic acids is 2. The van der Waals surface area contributed by atoms with Crippen molar-refractivity contribution in [2.75, 3.05) is 0 Å². The number of pyridine rings is 1. The zero-order valence-corrected chi connectivity index (χ0v) is 19.0. The van der Waals surface area contributed by atoms with Gasteiger partial charge in [0.25, 0.3) is 0 Å². The summed E-state index contributed by atoms with van der Waals surface area (Å²) >= 11 is 0. The number of benzene rings is 2. The van der Waals surface area contributed by atoms with Crippen LogP contribution in [0.4, 0.5) is 0 Å². The van der Waals surface area contributed by atoms with E-state index in [0.717, 1.165) is 27.8 Å². The lowest BCUT2D eigenvalue weighted by atomic mass is 10.0. The van der Waals surface area contributed by atoms with Crippen molar-refractivity contribution in [2.24, 2.45) is 0 Å². The van der Waals surface area contributed by atoms with E-state index < -0.39 is 0 Å². The molecule has 4 rings (SSSR count). The second-order valence-corrected chi connectivity index (χ2v) is 7.80. The molecule has 0 atom stereocenters. The van der Waals surface area contributed by atoms with Gasteiger partial charge in [0.1, 0.15) is 0 Å². The SMILES string of the molecule is CC(=O)c1c[n+](Cc2ccccc2)ccc1/C=C1\Cc2cc(C)c(C)cc2C1=O.[Br-]. The minimum Gasteiger partial charge on any atom is -1.00 e. The zero-order chi connectivity index (χ0) is 20.5. The van der Waals surface area contributed by atoms with Crippen LogP contribution >= 0.6 is 0 Å². The molecule has 0 bridgehead atoms. The van der Waals surface area contributed by atoms with Crippen LogP contribution < -0.4 is 21.5 Å². The van der Waals surface area contributed by atoms with E-state index in [1.165, 1.54) is 11.1 Å². The van der Waals surface area contributed by atoms with Crippen molar-refractivity contribution in [3.05, 3.63) is 105 Å². The van der Waals surface area contributed by atoms with Gasteiger partial charge in [-0.05, 0) is 55.2 Å². The highest BCUT2D eigenvalue weighted by Crippen LogP contribution is 2.30. The summed E-state index contributed by atoms with van der Waals surface area (Å²) in [6.07, 6.45) is 6.34. The van der Waals surface area contributed by atoms with Crippen molar-refractivity contribution < 1.29 is 31.1 Å². The first-order chi connectivity index (χ1) is 13.9. The van der Waals surface area contributed by atoms with Crippen molar-refractivity contribution in [2.45, 2.75) is 33.7 Å². The molecule has 152 valence electrons. The minimum atomic E-state index is -0.00564. The summed E-state index contributed by atoms with van der Waals surface area (Å²) in [5.74, 6) is 0.0625. The number of aryl methyl sites for hydroxylation is 2. The van der Waals surface area contributed by atoms with E-state index in [0.29, 0.717) is 18.5 Å². The molecule has 1 aromatic heterocycles. The monoisotopic (exact) mass is 461 g/mol. The van der Waals surface area contributed by atoms with E-state index in [1.807, 2.05) is 60.3 Å². The molecule has 1 heterocycles. The van der Waals surface area contributed by atoms with Gasteiger partial charge in [-0.1, -0.05) is 36.4 Å². The lowest BCUT2D eigenvalue weighted by molar-refractivity contribution is -0.688. The molecule has 0 N–H and O–H groups in total. The summed E-state index contributed by atoms with van der Waals surface area (Å²) in [6, 6.07) is 16.2. The second kappa shape index (κ2) is 8.88. The summed E-state index contributed by atoms with van der Waals surface area (Å²) in [7, 11) is 0. The lowest BCUT2D eigenvalue weighted by Gasteiger charge is -2.04. The van der Waals surface area contributed by atoms with Crippen LogP contribution in [-0.4, -0.2) is 11.6 Å². The lowest BCUT2D eigenvalue weighted by Crippen LogP contribution is -3.00. The van der Waals surface area contributed by atoms with Gasteiger partial charge in [-0.3, -0.25) is 9.59 Å². The van der Waals surface area contributed by atoms with Crippen LogP contribution in [0.15, 0.2) is 66.5 Å². The first-order valence-corrected chi connectivity index (χ1v) is 9.85. The molecule has 1 aliphatic carbocycles. The highest BCUT2D eigenvalue weighted by atomic mass is 79.9. The summed E-state index contributed by atoms with van der Waals surface area (Å²) in [5, 5.41) is 0. The third-order valence-electron chi connectivity index (χ3n) is 5.61. The van der Waals surface area contributed by atoms with Crippen LogP contribution in [-0.2, 0) is 13.0 Å². The molecule has 0 radical (unpaired) electrons. The smallest absolute Gasteiger partial charge is 0.189 e. The fraction of sp³-hybridized carbons (Fsp3) is 0.192. The topological polar surface area (TPSA) is 38.0 Å². The number of fused-ring (bicyclic) bond motifs is 1. The molecule has 30 heavy (non-hydrogen) atoms. The number of hydrogen-bond acceptors (Lipinski definition) is 2. The predicted molar refractivity (Wildman–Crippen MR) is 114 cm³/mol. The van der Waals surface area contributed by atoms with Crippen molar-refractivity contribution >= 4 is 17.6 Å². The molecule has 1 aliphatic rings. The molecule has 0 fully saturated rings. The van der Waals surface area contributed by atoms with E-state index in [9.17, 15) is 9.59 Å². The normalized spacial score (nSPS) is 13.8. The first kappa shape index (κ1) is 21.8. The quantitative estimate of drug-likeness (QED) is 0.336. The van der Waals surface area contributed by atoms with Crippen molar-refractivity contribution in [3.8, 4) is 0 Å². The van der Waals surface area contributed by atoms with E-state index >= 15 is 0 Å². The van der Waals surface area contributed by atoms with Gasteiger partial charge in [0.15, 0.2) is 30.5 Å². The molecule has 0 spiro atoms. The Morgan fingerprint density at radius 3 is 2.47 bits per heavy atom. The van der Waals surface area contributed by atoms with Crippen LogP contribution in [0.3, 0.4) is 0 Å². The van der Waals surface area contributed by atoms with Crippen molar-refractivity contribution in [1.82, 2.24) is 0 Å². The maximum atomic E-state index is 12.9. The highest BCUT2D eigenvalue weighted by molar-refractivity contribution is 6.16. The zero-order valence-electron chi connectivity index (χ0n) is 17.4. The Kier molecular flexibility index (Phi) is 6.47. The van der Waals surface area contributed by atoms with Crippen LogP contribution in [0, 0.1) is 13.8 Å². The summed E-state index contributed by atoms with van der Waals surface area (Å²) < 4.78 is 2.01. The average molecular weight is 462 g/mol. The van der Waals surface area contributed by atoms with Crippen LogP contribution in [0.5, 0.6) is 0 Å². The number of carbonyl (C=O) groups is 2.